The third-order valence-corrected chi connectivity index (χ3v) is 5.31. The third-order valence-electron chi connectivity index (χ3n) is 5.31. The van der Waals surface area contributed by atoms with Crippen LogP contribution in [0.4, 0.5) is 0 Å². The normalized spacial score (nSPS) is 22.2. The van der Waals surface area contributed by atoms with E-state index < -0.39 is 0 Å². The predicted octanol–water partition coefficient (Wildman–Crippen LogP) is 4.70. The molecule has 4 rings (SSSR count). The summed E-state index contributed by atoms with van der Waals surface area (Å²) in [6.45, 7) is 1.92. The monoisotopic (exact) mass is 340 g/mol. The van der Waals surface area contributed by atoms with Crippen LogP contribution in [0.3, 0.4) is 0 Å². The quantitative estimate of drug-likeness (QED) is 0.862. The fourth-order valence-electron chi connectivity index (χ4n) is 4.03. The molecule has 0 radical (unpaired) electrons. The molecule has 128 valence electrons. The zero-order valence-electron chi connectivity index (χ0n) is 14.7. The summed E-state index contributed by atoms with van der Waals surface area (Å²) in [6, 6.07) is 20.8. The van der Waals surface area contributed by atoms with E-state index in [4.69, 9.17) is 0 Å². The third kappa shape index (κ3) is 2.74. The lowest BCUT2D eigenvalue weighted by Crippen LogP contribution is -2.38. The number of carbonyl (C=O) groups excluding carboxylic acids is 1. The number of carbonyl (C=O) groups is 1. The predicted molar refractivity (Wildman–Crippen MR) is 102 cm³/mol. The molecule has 2 aliphatic rings. The van der Waals surface area contributed by atoms with Gasteiger partial charge in [-0.2, -0.15) is 5.26 Å². The number of allylic oxidation sites excluding steroid dienone is 4. The molecule has 3 nitrogen and oxygen atoms in total. The van der Waals surface area contributed by atoms with Gasteiger partial charge in [-0.1, -0.05) is 60.7 Å². The second kappa shape index (κ2) is 6.65. The fraction of sp³-hybridized carbons (Fsp3) is 0.217. The van der Waals surface area contributed by atoms with Crippen molar-refractivity contribution in [2.45, 2.75) is 25.7 Å². The second-order valence-electron chi connectivity index (χ2n) is 6.88. The van der Waals surface area contributed by atoms with Crippen LogP contribution in [0.25, 0.3) is 11.1 Å². The lowest BCUT2D eigenvalue weighted by molar-refractivity contribution is -0.122. The number of fused-ring (bicyclic) bond motifs is 1. The summed E-state index contributed by atoms with van der Waals surface area (Å²) in [5, 5.41) is 13.0. The summed E-state index contributed by atoms with van der Waals surface area (Å²) in [7, 11) is 0. The zero-order valence-corrected chi connectivity index (χ0v) is 14.7. The highest BCUT2D eigenvalue weighted by molar-refractivity contribution is 5.87. The van der Waals surface area contributed by atoms with Gasteiger partial charge in [-0.25, -0.2) is 0 Å². The van der Waals surface area contributed by atoms with Crippen LogP contribution in [0.2, 0.25) is 0 Å². The Morgan fingerprint density at radius 2 is 1.69 bits per heavy atom. The van der Waals surface area contributed by atoms with Crippen molar-refractivity contribution in [3.8, 4) is 17.2 Å². The summed E-state index contributed by atoms with van der Waals surface area (Å²) >= 11 is 0. The smallest absolute Gasteiger partial charge is 0.143 e. The van der Waals surface area contributed by atoms with Gasteiger partial charge >= 0.3 is 0 Å². The van der Waals surface area contributed by atoms with E-state index in [2.05, 4.69) is 53.9 Å². The van der Waals surface area contributed by atoms with Crippen LogP contribution in [0.15, 0.2) is 77.6 Å². The van der Waals surface area contributed by atoms with E-state index in [1.807, 2.05) is 25.1 Å². The molecule has 3 heteroatoms. The summed E-state index contributed by atoms with van der Waals surface area (Å²) in [4.78, 5) is 12.7. The maximum Gasteiger partial charge on any atom is 0.143 e. The van der Waals surface area contributed by atoms with Gasteiger partial charge in [0.05, 0.1) is 17.6 Å². The number of nitrogens with one attached hydrogen (secondary N) is 1. The topological polar surface area (TPSA) is 52.9 Å². The zero-order chi connectivity index (χ0) is 18.1. The highest BCUT2D eigenvalue weighted by Crippen LogP contribution is 2.43. The number of Topliss-reactive ketones (excluding diaryl/α,β-unsaturated/α-hetero) is 1. The molecule has 0 amide bonds. The molecule has 0 saturated heterocycles. The van der Waals surface area contributed by atoms with Crippen molar-refractivity contribution >= 4 is 5.78 Å². The highest BCUT2D eigenvalue weighted by atomic mass is 16.1. The first-order valence-corrected chi connectivity index (χ1v) is 8.95. The molecule has 0 bridgehead atoms. The van der Waals surface area contributed by atoms with Crippen LogP contribution in [0.1, 0.15) is 31.2 Å². The highest BCUT2D eigenvalue weighted by Gasteiger charge is 2.40. The summed E-state index contributed by atoms with van der Waals surface area (Å²) in [5.41, 5.74) is 5.78. The minimum absolute atomic E-state index is 0.204. The van der Waals surface area contributed by atoms with Crippen molar-refractivity contribution in [2.75, 3.05) is 0 Å². The Hall–Kier alpha value is -3.12. The van der Waals surface area contributed by atoms with Crippen LogP contribution in [0.5, 0.6) is 0 Å². The standard InChI is InChI=1S/C23H20N2O/c1-15-19(14-24)22(23-20(25-15)8-5-9-21(23)26)18-12-10-17(11-13-18)16-6-3-2-4-7-16/h2-4,6-8,10-13,22-23,25H,5,9H2,1H3. The van der Waals surface area contributed by atoms with Crippen LogP contribution in [-0.2, 0) is 4.79 Å². The first-order chi connectivity index (χ1) is 12.7. The molecular formula is C23H20N2O. The summed E-state index contributed by atoms with van der Waals surface area (Å²) < 4.78 is 0. The maximum absolute atomic E-state index is 12.7. The number of benzene rings is 2. The Bertz CT molecular complexity index is 946. The molecule has 1 N–H and O–H groups in total. The first kappa shape index (κ1) is 16.4. The van der Waals surface area contributed by atoms with Crippen molar-refractivity contribution in [3.05, 3.63) is 83.2 Å². The number of nitrogens with zero attached hydrogens (tertiary/aromatic N) is 1. The molecule has 2 aromatic carbocycles. The van der Waals surface area contributed by atoms with Gasteiger partial charge in [0.25, 0.3) is 0 Å². The van der Waals surface area contributed by atoms with E-state index in [9.17, 15) is 10.1 Å². The van der Waals surface area contributed by atoms with Crippen molar-refractivity contribution in [2.24, 2.45) is 5.92 Å². The van der Waals surface area contributed by atoms with Gasteiger partial charge in [-0.3, -0.25) is 4.79 Å². The Labute approximate surface area is 153 Å². The molecule has 1 aliphatic heterocycles. The van der Waals surface area contributed by atoms with Gasteiger partial charge in [0, 0.05) is 23.7 Å². The van der Waals surface area contributed by atoms with Crippen LogP contribution in [-0.4, -0.2) is 5.78 Å². The number of ketones is 1. The lowest BCUT2D eigenvalue weighted by Gasteiger charge is -2.36. The summed E-state index contributed by atoms with van der Waals surface area (Å²) in [5.74, 6) is -0.262. The van der Waals surface area contributed by atoms with Crippen molar-refractivity contribution in [3.63, 3.8) is 0 Å². The number of hydrogen-bond donors (Lipinski definition) is 1. The second-order valence-corrected chi connectivity index (χ2v) is 6.88. The Morgan fingerprint density at radius 1 is 1.00 bits per heavy atom. The van der Waals surface area contributed by atoms with Gasteiger partial charge < -0.3 is 5.32 Å². The lowest BCUT2D eigenvalue weighted by atomic mass is 9.71. The van der Waals surface area contributed by atoms with Gasteiger partial charge in [-0.15, -0.1) is 0 Å². The molecular weight excluding hydrogens is 320 g/mol. The molecule has 1 heterocycles. The van der Waals surface area contributed by atoms with E-state index in [1.54, 1.807) is 0 Å². The van der Waals surface area contributed by atoms with E-state index >= 15 is 0 Å². The van der Waals surface area contributed by atoms with Crippen LogP contribution >= 0.6 is 0 Å². The average Bonchev–Trinajstić information content (AvgIpc) is 2.68. The van der Waals surface area contributed by atoms with Gasteiger partial charge in [-0.05, 0) is 30.0 Å². The molecule has 0 spiro atoms. The van der Waals surface area contributed by atoms with E-state index in [0.29, 0.717) is 12.0 Å². The molecule has 0 saturated carbocycles. The fourth-order valence-corrected chi connectivity index (χ4v) is 4.03. The van der Waals surface area contributed by atoms with Crippen LogP contribution in [0, 0.1) is 17.2 Å². The molecule has 2 aromatic rings. The molecule has 0 fully saturated rings. The minimum atomic E-state index is -0.273. The van der Waals surface area contributed by atoms with Gasteiger partial charge in [0.15, 0.2) is 0 Å². The SMILES string of the molecule is CC1=C(C#N)C(c2ccc(-c3ccccc3)cc2)C2C(=O)CCC=C2N1. The van der Waals surface area contributed by atoms with E-state index in [0.717, 1.165) is 34.5 Å². The summed E-state index contributed by atoms with van der Waals surface area (Å²) in [6.07, 6.45) is 3.42. The Kier molecular flexibility index (Phi) is 4.18. The number of rotatable bonds is 2. The number of hydrogen-bond acceptors (Lipinski definition) is 3. The molecule has 2 atom stereocenters. The van der Waals surface area contributed by atoms with Crippen molar-refractivity contribution in [1.29, 1.82) is 5.26 Å². The molecule has 2 unspecified atom stereocenters. The van der Waals surface area contributed by atoms with Crippen molar-refractivity contribution < 1.29 is 4.79 Å². The van der Waals surface area contributed by atoms with Gasteiger partial charge in [0.2, 0.25) is 0 Å². The average molecular weight is 340 g/mol. The van der Waals surface area contributed by atoms with E-state index in [1.165, 1.54) is 0 Å². The largest absolute Gasteiger partial charge is 0.361 e. The Morgan fingerprint density at radius 3 is 2.38 bits per heavy atom. The maximum atomic E-state index is 12.7. The molecule has 0 aromatic heterocycles. The van der Waals surface area contributed by atoms with Crippen LogP contribution < -0.4 is 5.32 Å². The van der Waals surface area contributed by atoms with E-state index in [-0.39, 0.29) is 17.6 Å². The Balaban J connectivity index is 1.78. The first-order valence-electron chi connectivity index (χ1n) is 8.95. The minimum Gasteiger partial charge on any atom is -0.361 e. The molecule has 26 heavy (non-hydrogen) atoms. The van der Waals surface area contributed by atoms with Crippen molar-refractivity contribution in [1.82, 2.24) is 5.32 Å². The van der Waals surface area contributed by atoms with Gasteiger partial charge in [0.1, 0.15) is 5.78 Å². The molecule has 1 aliphatic carbocycles. The number of nitriles is 1.